The van der Waals surface area contributed by atoms with Gasteiger partial charge in [-0.1, -0.05) is 13.8 Å². The number of nitrogens with one attached hydrogen (secondary N) is 1. The Kier molecular flexibility index (Phi) is 5.68. The van der Waals surface area contributed by atoms with Crippen LogP contribution in [0.4, 0.5) is 10.1 Å². The number of esters is 1. The monoisotopic (exact) mass is 380 g/mol. The molecule has 0 unspecified atom stereocenters. The zero-order chi connectivity index (χ0) is 20.3. The Morgan fingerprint density at radius 3 is 2.50 bits per heavy atom. The fraction of sp³-hybridized carbons (Fsp3) is 0.227. The van der Waals surface area contributed by atoms with Crippen LogP contribution in [-0.2, 0) is 4.74 Å². The van der Waals surface area contributed by atoms with Gasteiger partial charge >= 0.3 is 5.97 Å². The van der Waals surface area contributed by atoms with Gasteiger partial charge < -0.3 is 10.1 Å². The highest BCUT2D eigenvalue weighted by Gasteiger charge is 2.14. The van der Waals surface area contributed by atoms with E-state index >= 15 is 0 Å². The van der Waals surface area contributed by atoms with Crippen LogP contribution < -0.4 is 5.32 Å². The van der Waals surface area contributed by atoms with Crippen LogP contribution in [0.2, 0.25) is 0 Å². The lowest BCUT2D eigenvalue weighted by Gasteiger charge is -2.10. The first kappa shape index (κ1) is 19.5. The van der Waals surface area contributed by atoms with Crippen molar-refractivity contribution in [2.24, 2.45) is 5.92 Å². The van der Waals surface area contributed by atoms with E-state index in [0.29, 0.717) is 40.0 Å². The zero-order valence-corrected chi connectivity index (χ0v) is 16.0. The molecule has 0 saturated carbocycles. The van der Waals surface area contributed by atoms with Crippen LogP contribution >= 0.6 is 0 Å². The predicted octanol–water partition coefficient (Wildman–Crippen LogP) is 4.75. The minimum absolute atomic E-state index is 0.256. The number of hydrogen-bond donors (Lipinski definition) is 1. The molecule has 1 aromatic heterocycles. The standard InChI is InChI=1S/C22H21FN2O3/c1-13(2)12-28-22(27)15-4-7-17(8-5-15)25-21(26)19-10-14(3)24-20-9-6-16(23)11-18(19)20/h4-11,13H,12H2,1-3H3,(H,25,26). The third kappa shape index (κ3) is 4.52. The second-order valence-electron chi connectivity index (χ2n) is 7.00. The molecule has 0 aliphatic heterocycles. The number of carbonyl (C=O) groups is 2. The van der Waals surface area contributed by atoms with Gasteiger partial charge in [0.1, 0.15) is 5.82 Å². The first-order valence-electron chi connectivity index (χ1n) is 8.99. The van der Waals surface area contributed by atoms with Crippen molar-refractivity contribution >= 4 is 28.5 Å². The topological polar surface area (TPSA) is 68.3 Å². The quantitative estimate of drug-likeness (QED) is 0.649. The number of aromatic nitrogens is 1. The van der Waals surface area contributed by atoms with E-state index in [-0.39, 0.29) is 11.8 Å². The number of rotatable bonds is 5. The van der Waals surface area contributed by atoms with Gasteiger partial charge in [-0.25, -0.2) is 9.18 Å². The summed E-state index contributed by atoms with van der Waals surface area (Å²) in [5, 5.41) is 3.21. The summed E-state index contributed by atoms with van der Waals surface area (Å²) < 4.78 is 18.8. The summed E-state index contributed by atoms with van der Waals surface area (Å²) in [7, 11) is 0. The summed E-state index contributed by atoms with van der Waals surface area (Å²) >= 11 is 0. The van der Waals surface area contributed by atoms with E-state index in [1.165, 1.54) is 12.1 Å². The summed E-state index contributed by atoms with van der Waals surface area (Å²) in [4.78, 5) is 29.0. The van der Waals surface area contributed by atoms with E-state index in [1.54, 1.807) is 43.3 Å². The fourth-order valence-electron chi connectivity index (χ4n) is 2.73. The van der Waals surface area contributed by atoms with Gasteiger partial charge in [0, 0.05) is 16.8 Å². The van der Waals surface area contributed by atoms with Gasteiger partial charge in [-0.2, -0.15) is 0 Å². The van der Waals surface area contributed by atoms with E-state index in [0.717, 1.165) is 0 Å². The average molecular weight is 380 g/mol. The fourth-order valence-corrected chi connectivity index (χ4v) is 2.73. The Morgan fingerprint density at radius 2 is 1.82 bits per heavy atom. The minimum Gasteiger partial charge on any atom is -0.462 e. The van der Waals surface area contributed by atoms with Crippen molar-refractivity contribution < 1.29 is 18.7 Å². The van der Waals surface area contributed by atoms with Crippen LogP contribution in [0.25, 0.3) is 10.9 Å². The molecule has 0 spiro atoms. The Labute approximate surface area is 162 Å². The number of benzene rings is 2. The number of fused-ring (bicyclic) bond motifs is 1. The molecular weight excluding hydrogens is 359 g/mol. The zero-order valence-electron chi connectivity index (χ0n) is 16.0. The van der Waals surface area contributed by atoms with Crippen molar-refractivity contribution in [3.8, 4) is 0 Å². The van der Waals surface area contributed by atoms with Gasteiger partial charge in [0.05, 0.1) is 23.3 Å². The van der Waals surface area contributed by atoms with Gasteiger partial charge in [0.2, 0.25) is 0 Å². The summed E-state index contributed by atoms with van der Waals surface area (Å²) in [5.41, 5.74) is 2.47. The number of halogens is 1. The normalized spacial score (nSPS) is 10.9. The van der Waals surface area contributed by atoms with E-state index in [2.05, 4.69) is 10.3 Å². The Hall–Kier alpha value is -3.28. The van der Waals surface area contributed by atoms with Crippen LogP contribution in [0.1, 0.15) is 40.3 Å². The van der Waals surface area contributed by atoms with E-state index < -0.39 is 11.8 Å². The molecular formula is C22H21FN2O3. The maximum Gasteiger partial charge on any atom is 0.338 e. The number of nitrogens with zero attached hydrogens (tertiary/aromatic N) is 1. The molecule has 0 radical (unpaired) electrons. The molecule has 0 fully saturated rings. The smallest absolute Gasteiger partial charge is 0.338 e. The molecule has 2 aromatic carbocycles. The minimum atomic E-state index is -0.434. The molecule has 1 N–H and O–H groups in total. The first-order chi connectivity index (χ1) is 13.3. The van der Waals surface area contributed by atoms with Crippen LogP contribution in [-0.4, -0.2) is 23.5 Å². The number of anilines is 1. The van der Waals surface area contributed by atoms with Gasteiger partial charge in [-0.05, 0) is 61.4 Å². The second kappa shape index (κ2) is 8.17. The SMILES string of the molecule is Cc1cc(C(=O)Nc2ccc(C(=O)OCC(C)C)cc2)c2cc(F)ccc2n1. The molecule has 0 atom stereocenters. The summed E-state index contributed by atoms with van der Waals surface area (Å²) in [6.45, 7) is 6.05. The lowest BCUT2D eigenvalue weighted by atomic mass is 10.1. The number of aryl methyl sites for hydroxylation is 1. The highest BCUT2D eigenvalue weighted by Crippen LogP contribution is 2.21. The van der Waals surface area contributed by atoms with Gasteiger partial charge in [0.25, 0.3) is 5.91 Å². The Balaban J connectivity index is 1.79. The largest absolute Gasteiger partial charge is 0.462 e. The average Bonchev–Trinajstić information content (AvgIpc) is 2.66. The van der Waals surface area contributed by atoms with E-state index in [9.17, 15) is 14.0 Å². The van der Waals surface area contributed by atoms with Crippen molar-refractivity contribution in [2.75, 3.05) is 11.9 Å². The lowest BCUT2D eigenvalue weighted by Crippen LogP contribution is -2.14. The second-order valence-corrected chi connectivity index (χ2v) is 7.00. The van der Waals surface area contributed by atoms with Crippen molar-refractivity contribution in [3.05, 3.63) is 71.2 Å². The van der Waals surface area contributed by atoms with Crippen molar-refractivity contribution in [3.63, 3.8) is 0 Å². The van der Waals surface area contributed by atoms with Crippen LogP contribution in [0, 0.1) is 18.7 Å². The van der Waals surface area contributed by atoms with E-state index in [1.807, 2.05) is 13.8 Å². The summed E-state index contributed by atoms with van der Waals surface area (Å²) in [5.74, 6) is -0.962. The number of amides is 1. The van der Waals surface area contributed by atoms with Crippen LogP contribution in [0.5, 0.6) is 0 Å². The molecule has 5 nitrogen and oxygen atoms in total. The molecule has 144 valence electrons. The maximum absolute atomic E-state index is 13.6. The lowest BCUT2D eigenvalue weighted by molar-refractivity contribution is 0.0459. The molecule has 6 heteroatoms. The highest BCUT2D eigenvalue weighted by molar-refractivity contribution is 6.12. The molecule has 0 saturated heterocycles. The highest BCUT2D eigenvalue weighted by atomic mass is 19.1. The number of pyridine rings is 1. The van der Waals surface area contributed by atoms with Crippen molar-refractivity contribution in [1.29, 1.82) is 0 Å². The molecule has 0 aliphatic rings. The van der Waals surface area contributed by atoms with Crippen LogP contribution in [0.3, 0.4) is 0 Å². The van der Waals surface area contributed by atoms with E-state index in [4.69, 9.17) is 4.74 Å². The molecule has 3 rings (SSSR count). The Bertz CT molecular complexity index is 1030. The van der Waals surface area contributed by atoms with Gasteiger partial charge in [-0.3, -0.25) is 9.78 Å². The summed E-state index contributed by atoms with van der Waals surface area (Å²) in [6.07, 6.45) is 0. The summed E-state index contributed by atoms with van der Waals surface area (Å²) in [6, 6.07) is 12.2. The molecule has 28 heavy (non-hydrogen) atoms. The number of ether oxygens (including phenoxy) is 1. The molecule has 0 aliphatic carbocycles. The van der Waals surface area contributed by atoms with Crippen LogP contribution in [0.15, 0.2) is 48.5 Å². The van der Waals surface area contributed by atoms with Crippen molar-refractivity contribution in [1.82, 2.24) is 4.98 Å². The maximum atomic E-state index is 13.6. The molecule has 3 aromatic rings. The van der Waals surface area contributed by atoms with Gasteiger partial charge in [0.15, 0.2) is 0 Å². The molecule has 1 amide bonds. The van der Waals surface area contributed by atoms with Gasteiger partial charge in [-0.15, -0.1) is 0 Å². The Morgan fingerprint density at radius 1 is 1.11 bits per heavy atom. The third-order valence-corrected chi connectivity index (χ3v) is 4.07. The first-order valence-corrected chi connectivity index (χ1v) is 8.99. The third-order valence-electron chi connectivity index (χ3n) is 4.07. The number of hydrogen-bond acceptors (Lipinski definition) is 4. The molecule has 0 bridgehead atoms. The predicted molar refractivity (Wildman–Crippen MR) is 106 cm³/mol. The number of carbonyl (C=O) groups excluding carboxylic acids is 2. The van der Waals surface area contributed by atoms with Crippen molar-refractivity contribution in [2.45, 2.75) is 20.8 Å². The molecule has 1 heterocycles.